The summed E-state index contributed by atoms with van der Waals surface area (Å²) in [5.41, 5.74) is 0.313. The van der Waals surface area contributed by atoms with E-state index in [2.05, 4.69) is 5.32 Å². The van der Waals surface area contributed by atoms with Crippen LogP contribution >= 0.6 is 11.6 Å². The SMILES string of the molecule is CCC(C)(CCl)NC(=O)c1ccc2ccccc2c1. The topological polar surface area (TPSA) is 29.1 Å². The lowest BCUT2D eigenvalue weighted by Crippen LogP contribution is -2.47. The molecule has 0 spiro atoms. The highest BCUT2D eigenvalue weighted by Crippen LogP contribution is 2.17. The monoisotopic (exact) mass is 275 g/mol. The first-order valence-corrected chi connectivity index (χ1v) is 6.99. The second-order valence-corrected chi connectivity index (χ2v) is 5.33. The second-order valence-electron chi connectivity index (χ2n) is 5.06. The van der Waals surface area contributed by atoms with Gasteiger partial charge in [-0.2, -0.15) is 0 Å². The van der Waals surface area contributed by atoms with E-state index >= 15 is 0 Å². The number of nitrogens with one attached hydrogen (secondary N) is 1. The first kappa shape index (κ1) is 13.9. The van der Waals surface area contributed by atoms with Crippen molar-refractivity contribution in [2.75, 3.05) is 5.88 Å². The number of carbonyl (C=O) groups is 1. The van der Waals surface area contributed by atoms with Gasteiger partial charge in [0.2, 0.25) is 0 Å². The van der Waals surface area contributed by atoms with E-state index in [0.717, 1.165) is 17.2 Å². The average molecular weight is 276 g/mol. The molecule has 0 bridgehead atoms. The molecule has 2 aromatic rings. The summed E-state index contributed by atoms with van der Waals surface area (Å²) in [4.78, 5) is 12.3. The van der Waals surface area contributed by atoms with Gasteiger partial charge < -0.3 is 5.32 Å². The number of hydrogen-bond donors (Lipinski definition) is 1. The van der Waals surface area contributed by atoms with Crippen molar-refractivity contribution in [1.82, 2.24) is 5.32 Å². The highest BCUT2D eigenvalue weighted by Gasteiger charge is 2.23. The molecule has 2 rings (SSSR count). The zero-order valence-electron chi connectivity index (χ0n) is 11.2. The van der Waals surface area contributed by atoms with Gasteiger partial charge in [-0.1, -0.05) is 37.3 Å². The Bertz CT molecular complexity index is 590. The van der Waals surface area contributed by atoms with Gasteiger partial charge in [0.15, 0.2) is 0 Å². The molecule has 2 aromatic carbocycles. The van der Waals surface area contributed by atoms with Crippen LogP contribution in [-0.2, 0) is 0 Å². The summed E-state index contributed by atoms with van der Waals surface area (Å²) in [7, 11) is 0. The van der Waals surface area contributed by atoms with Gasteiger partial charge in [0.05, 0.1) is 5.54 Å². The third kappa shape index (κ3) is 3.07. The highest BCUT2D eigenvalue weighted by molar-refractivity contribution is 6.18. The van der Waals surface area contributed by atoms with E-state index in [9.17, 15) is 4.79 Å². The van der Waals surface area contributed by atoms with Crippen molar-refractivity contribution in [3.8, 4) is 0 Å². The van der Waals surface area contributed by atoms with Gasteiger partial charge in [-0.25, -0.2) is 0 Å². The molecule has 1 unspecified atom stereocenters. The minimum absolute atomic E-state index is 0.0734. The maximum atomic E-state index is 12.3. The molecule has 1 amide bonds. The third-order valence-corrected chi connectivity index (χ3v) is 4.09. The molecule has 0 saturated heterocycles. The normalized spacial score (nSPS) is 14.1. The van der Waals surface area contributed by atoms with Crippen molar-refractivity contribution in [3.05, 3.63) is 48.0 Å². The van der Waals surface area contributed by atoms with Gasteiger partial charge in [0, 0.05) is 11.4 Å². The Balaban J connectivity index is 2.26. The van der Waals surface area contributed by atoms with Crippen LogP contribution in [0, 0.1) is 0 Å². The quantitative estimate of drug-likeness (QED) is 0.841. The number of amides is 1. The molecule has 0 radical (unpaired) electrons. The molecule has 0 saturated carbocycles. The van der Waals surface area contributed by atoms with Crippen LogP contribution in [0.4, 0.5) is 0 Å². The van der Waals surface area contributed by atoms with Crippen LogP contribution in [0.25, 0.3) is 10.8 Å². The molecule has 0 aliphatic rings. The first-order valence-electron chi connectivity index (χ1n) is 6.45. The molecule has 100 valence electrons. The Labute approximate surface area is 118 Å². The second kappa shape index (κ2) is 5.62. The molecule has 1 atom stereocenters. The Morgan fingerprint density at radius 3 is 2.53 bits per heavy atom. The van der Waals surface area contributed by atoms with Crippen molar-refractivity contribution < 1.29 is 4.79 Å². The average Bonchev–Trinajstić information content (AvgIpc) is 2.46. The minimum Gasteiger partial charge on any atom is -0.346 e. The van der Waals surface area contributed by atoms with Gasteiger partial charge in [0.25, 0.3) is 5.91 Å². The van der Waals surface area contributed by atoms with Crippen LogP contribution in [-0.4, -0.2) is 17.3 Å². The number of hydrogen-bond acceptors (Lipinski definition) is 1. The van der Waals surface area contributed by atoms with E-state index < -0.39 is 0 Å². The van der Waals surface area contributed by atoms with Crippen molar-refractivity contribution >= 4 is 28.3 Å². The van der Waals surface area contributed by atoms with E-state index in [0.29, 0.717) is 11.4 Å². The zero-order valence-corrected chi connectivity index (χ0v) is 12.0. The number of rotatable bonds is 4. The van der Waals surface area contributed by atoms with E-state index in [-0.39, 0.29) is 11.4 Å². The van der Waals surface area contributed by atoms with Crippen molar-refractivity contribution in [3.63, 3.8) is 0 Å². The number of carbonyl (C=O) groups excluding carboxylic acids is 1. The molecule has 3 heteroatoms. The van der Waals surface area contributed by atoms with E-state index in [4.69, 9.17) is 11.6 Å². The van der Waals surface area contributed by atoms with Gasteiger partial charge >= 0.3 is 0 Å². The standard InChI is InChI=1S/C16H18ClNO/c1-3-16(2,11-17)18-15(19)14-9-8-12-6-4-5-7-13(12)10-14/h4-10H,3,11H2,1-2H3,(H,18,19). The minimum atomic E-state index is -0.357. The molecular formula is C16H18ClNO. The summed E-state index contributed by atoms with van der Waals surface area (Å²) < 4.78 is 0. The van der Waals surface area contributed by atoms with Crippen LogP contribution in [0.3, 0.4) is 0 Å². The lowest BCUT2D eigenvalue weighted by Gasteiger charge is -2.27. The summed E-state index contributed by atoms with van der Waals surface area (Å²) in [5, 5.41) is 5.21. The third-order valence-electron chi connectivity index (χ3n) is 3.50. The molecular weight excluding hydrogens is 258 g/mol. The summed E-state index contributed by atoms with van der Waals surface area (Å²) in [6, 6.07) is 13.7. The summed E-state index contributed by atoms with van der Waals surface area (Å²) >= 11 is 5.92. The first-order chi connectivity index (χ1) is 9.08. The zero-order chi connectivity index (χ0) is 13.9. The lowest BCUT2D eigenvalue weighted by atomic mass is 10.0. The maximum Gasteiger partial charge on any atom is 0.251 e. The van der Waals surface area contributed by atoms with Crippen LogP contribution in [0.1, 0.15) is 30.6 Å². The highest BCUT2D eigenvalue weighted by atomic mass is 35.5. The molecule has 0 fully saturated rings. The van der Waals surface area contributed by atoms with Gasteiger partial charge in [0.1, 0.15) is 0 Å². The predicted octanol–water partition coefficient (Wildman–Crippen LogP) is 3.98. The van der Waals surface area contributed by atoms with E-state index in [1.54, 1.807) is 0 Å². The van der Waals surface area contributed by atoms with Gasteiger partial charge in [-0.05, 0) is 36.2 Å². The van der Waals surface area contributed by atoms with Crippen LogP contribution in [0.2, 0.25) is 0 Å². The molecule has 19 heavy (non-hydrogen) atoms. The van der Waals surface area contributed by atoms with Gasteiger partial charge in [-0.3, -0.25) is 4.79 Å². The van der Waals surface area contributed by atoms with E-state index in [1.165, 1.54) is 0 Å². The Morgan fingerprint density at radius 2 is 1.89 bits per heavy atom. The molecule has 0 aliphatic heterocycles. The Hall–Kier alpha value is -1.54. The van der Waals surface area contributed by atoms with Crippen LogP contribution < -0.4 is 5.32 Å². The molecule has 1 N–H and O–H groups in total. The summed E-state index contributed by atoms with van der Waals surface area (Å²) in [5.74, 6) is 0.332. The fraction of sp³-hybridized carbons (Fsp3) is 0.312. The fourth-order valence-corrected chi connectivity index (χ4v) is 2.15. The van der Waals surface area contributed by atoms with Crippen molar-refractivity contribution in [2.45, 2.75) is 25.8 Å². The smallest absolute Gasteiger partial charge is 0.251 e. The Morgan fingerprint density at radius 1 is 1.21 bits per heavy atom. The lowest BCUT2D eigenvalue weighted by molar-refractivity contribution is 0.0912. The maximum absolute atomic E-state index is 12.3. The largest absolute Gasteiger partial charge is 0.346 e. The van der Waals surface area contributed by atoms with Gasteiger partial charge in [-0.15, -0.1) is 11.6 Å². The number of fused-ring (bicyclic) bond motifs is 1. The van der Waals surface area contributed by atoms with Crippen molar-refractivity contribution in [2.24, 2.45) is 0 Å². The van der Waals surface area contributed by atoms with Crippen LogP contribution in [0.15, 0.2) is 42.5 Å². The summed E-state index contributed by atoms with van der Waals surface area (Å²) in [6.07, 6.45) is 0.801. The number of halogens is 1. The number of benzene rings is 2. The molecule has 0 aromatic heterocycles. The summed E-state index contributed by atoms with van der Waals surface area (Å²) in [6.45, 7) is 3.97. The van der Waals surface area contributed by atoms with E-state index in [1.807, 2.05) is 56.3 Å². The van der Waals surface area contributed by atoms with Crippen molar-refractivity contribution in [1.29, 1.82) is 0 Å². The molecule has 2 nitrogen and oxygen atoms in total. The fourth-order valence-electron chi connectivity index (χ4n) is 1.89. The predicted molar refractivity (Wildman–Crippen MR) is 80.8 cm³/mol. The molecule has 0 heterocycles. The molecule has 0 aliphatic carbocycles. The van der Waals surface area contributed by atoms with Crippen LogP contribution in [0.5, 0.6) is 0 Å². The number of alkyl halides is 1. The Kier molecular flexibility index (Phi) is 4.11.